The maximum absolute atomic E-state index is 13.2. The minimum Gasteiger partial charge on any atom is -0.454 e. The lowest BCUT2D eigenvalue weighted by molar-refractivity contribution is -0.140. The van der Waals surface area contributed by atoms with Gasteiger partial charge in [-0.15, -0.1) is 0 Å². The van der Waals surface area contributed by atoms with E-state index in [1.54, 1.807) is 17.9 Å². The number of carbonyl (C=O) groups is 2. The summed E-state index contributed by atoms with van der Waals surface area (Å²) >= 11 is 6.33. The Morgan fingerprint density at radius 3 is 2.61 bits per heavy atom. The minimum absolute atomic E-state index is 0.0425. The molecule has 0 bridgehead atoms. The van der Waals surface area contributed by atoms with Crippen LogP contribution in [0.1, 0.15) is 44.7 Å². The Balaban J connectivity index is 1.73. The Morgan fingerprint density at radius 2 is 1.87 bits per heavy atom. The molecule has 31 heavy (non-hydrogen) atoms. The first-order valence-corrected chi connectivity index (χ1v) is 11.0. The number of aryl methyl sites for hydroxylation is 1. The minimum atomic E-state index is -0.616. The average molecular weight is 445 g/mol. The van der Waals surface area contributed by atoms with E-state index in [0.717, 1.165) is 17.5 Å². The van der Waals surface area contributed by atoms with Crippen LogP contribution in [-0.4, -0.2) is 35.6 Å². The summed E-state index contributed by atoms with van der Waals surface area (Å²) in [4.78, 5) is 27.6. The second-order valence-electron chi connectivity index (χ2n) is 7.79. The summed E-state index contributed by atoms with van der Waals surface area (Å²) in [6, 6.07) is 12.5. The lowest BCUT2D eigenvalue weighted by Gasteiger charge is -2.30. The van der Waals surface area contributed by atoms with Gasteiger partial charge < -0.3 is 19.7 Å². The number of benzene rings is 2. The van der Waals surface area contributed by atoms with E-state index in [-0.39, 0.29) is 37.6 Å². The number of hydrogen-bond donors (Lipinski definition) is 1. The first-order valence-electron chi connectivity index (χ1n) is 10.6. The van der Waals surface area contributed by atoms with Crippen molar-refractivity contribution >= 4 is 23.4 Å². The van der Waals surface area contributed by atoms with Crippen LogP contribution in [0, 0.1) is 0 Å². The third kappa shape index (κ3) is 5.91. The maximum atomic E-state index is 13.2. The quantitative estimate of drug-likeness (QED) is 0.625. The summed E-state index contributed by atoms with van der Waals surface area (Å²) in [7, 11) is 0. The Morgan fingerprint density at radius 1 is 1.13 bits per heavy atom. The third-order valence-electron chi connectivity index (χ3n) is 5.53. The summed E-state index contributed by atoms with van der Waals surface area (Å²) in [5.74, 6) is 1.13. The number of ether oxygens (including phenoxy) is 2. The lowest BCUT2D eigenvalue weighted by atomic mass is 10.1. The van der Waals surface area contributed by atoms with Gasteiger partial charge in [0.25, 0.3) is 0 Å². The molecule has 0 saturated carbocycles. The molecule has 0 aliphatic carbocycles. The fourth-order valence-corrected chi connectivity index (χ4v) is 3.55. The summed E-state index contributed by atoms with van der Waals surface area (Å²) in [5, 5.41) is 3.55. The van der Waals surface area contributed by atoms with E-state index in [1.807, 2.05) is 50.2 Å². The predicted octanol–water partition coefficient (Wildman–Crippen LogP) is 4.33. The number of carbonyl (C=O) groups excluding carboxylic acids is 2. The summed E-state index contributed by atoms with van der Waals surface area (Å²) in [5.41, 5.74) is 1.79. The molecule has 2 aromatic carbocycles. The van der Waals surface area contributed by atoms with Crippen LogP contribution in [0.2, 0.25) is 5.02 Å². The van der Waals surface area contributed by atoms with Crippen molar-refractivity contribution in [1.82, 2.24) is 10.2 Å². The van der Waals surface area contributed by atoms with Crippen LogP contribution in [0.4, 0.5) is 0 Å². The van der Waals surface area contributed by atoms with Crippen molar-refractivity contribution in [2.45, 2.75) is 58.7 Å². The molecule has 1 N–H and O–H groups in total. The van der Waals surface area contributed by atoms with Crippen molar-refractivity contribution in [1.29, 1.82) is 0 Å². The molecule has 2 amide bonds. The van der Waals surface area contributed by atoms with Gasteiger partial charge in [0, 0.05) is 24.0 Å². The van der Waals surface area contributed by atoms with E-state index in [9.17, 15) is 9.59 Å². The zero-order valence-corrected chi connectivity index (χ0v) is 18.9. The number of nitrogens with zero attached hydrogens (tertiary/aromatic N) is 1. The van der Waals surface area contributed by atoms with Gasteiger partial charge >= 0.3 is 0 Å². The van der Waals surface area contributed by atoms with Crippen molar-refractivity contribution in [3.05, 3.63) is 58.6 Å². The highest BCUT2D eigenvalue weighted by Gasteiger charge is 2.27. The van der Waals surface area contributed by atoms with Crippen molar-refractivity contribution in [2.24, 2.45) is 0 Å². The number of fused-ring (bicyclic) bond motifs is 1. The van der Waals surface area contributed by atoms with Gasteiger partial charge in [-0.25, -0.2) is 0 Å². The van der Waals surface area contributed by atoms with Crippen LogP contribution in [0.5, 0.6) is 11.5 Å². The van der Waals surface area contributed by atoms with Gasteiger partial charge in [0.1, 0.15) is 6.04 Å². The molecule has 0 saturated heterocycles. The summed E-state index contributed by atoms with van der Waals surface area (Å²) < 4.78 is 10.8. The smallest absolute Gasteiger partial charge is 0.242 e. The van der Waals surface area contributed by atoms with Crippen LogP contribution in [0.3, 0.4) is 0 Å². The fourth-order valence-electron chi connectivity index (χ4n) is 3.35. The second-order valence-corrected chi connectivity index (χ2v) is 8.20. The van der Waals surface area contributed by atoms with Gasteiger partial charge in [0.2, 0.25) is 18.6 Å². The zero-order chi connectivity index (χ0) is 22.4. The van der Waals surface area contributed by atoms with Crippen LogP contribution in [0.15, 0.2) is 42.5 Å². The summed E-state index contributed by atoms with van der Waals surface area (Å²) in [6.45, 7) is 6.20. The van der Waals surface area contributed by atoms with Crippen LogP contribution in [-0.2, 0) is 22.6 Å². The monoisotopic (exact) mass is 444 g/mol. The molecule has 0 fully saturated rings. The van der Waals surface area contributed by atoms with E-state index in [0.29, 0.717) is 22.9 Å². The molecule has 0 aromatic heterocycles. The maximum Gasteiger partial charge on any atom is 0.242 e. The number of nitrogens with one attached hydrogen (secondary N) is 1. The molecule has 1 aliphatic rings. The highest BCUT2D eigenvalue weighted by atomic mass is 35.5. The molecule has 166 valence electrons. The highest BCUT2D eigenvalue weighted by Crippen LogP contribution is 2.32. The Labute approximate surface area is 188 Å². The number of amides is 2. The topological polar surface area (TPSA) is 67.9 Å². The Kier molecular flexibility index (Phi) is 7.80. The number of halogens is 1. The molecule has 2 atom stereocenters. The molecule has 2 aromatic rings. The van der Waals surface area contributed by atoms with E-state index in [2.05, 4.69) is 5.32 Å². The van der Waals surface area contributed by atoms with Gasteiger partial charge in [-0.05, 0) is 56.0 Å². The molecule has 6 nitrogen and oxygen atoms in total. The van der Waals surface area contributed by atoms with Crippen molar-refractivity contribution < 1.29 is 19.1 Å². The standard InChI is InChI=1S/C24H29ClN2O4/c1-4-16(2)26-24(29)17(3)27(14-19-7-5-6-8-20(19)25)23(28)12-10-18-9-11-21-22(13-18)31-15-30-21/h5-9,11,13,16-17H,4,10,12,14-15H2,1-3H3,(H,26,29). The van der Waals surface area contributed by atoms with Gasteiger partial charge in [-0.1, -0.05) is 42.8 Å². The van der Waals surface area contributed by atoms with Gasteiger partial charge in [0.15, 0.2) is 11.5 Å². The lowest BCUT2D eigenvalue weighted by Crippen LogP contribution is -2.49. The average Bonchev–Trinajstić information content (AvgIpc) is 3.24. The molecule has 1 heterocycles. The predicted molar refractivity (Wildman–Crippen MR) is 120 cm³/mol. The molecule has 3 rings (SSSR count). The number of hydrogen-bond acceptors (Lipinski definition) is 4. The molecule has 1 aliphatic heterocycles. The molecular formula is C24H29ClN2O4. The Hall–Kier alpha value is -2.73. The third-order valence-corrected chi connectivity index (χ3v) is 5.90. The van der Waals surface area contributed by atoms with E-state index >= 15 is 0 Å². The SMILES string of the molecule is CCC(C)NC(=O)C(C)N(Cc1ccccc1Cl)C(=O)CCc1ccc2c(c1)OCO2. The zero-order valence-electron chi connectivity index (χ0n) is 18.2. The van der Waals surface area contributed by atoms with E-state index < -0.39 is 6.04 Å². The molecular weight excluding hydrogens is 416 g/mol. The molecule has 0 radical (unpaired) electrons. The van der Waals surface area contributed by atoms with Crippen molar-refractivity contribution in [3.8, 4) is 11.5 Å². The van der Waals surface area contributed by atoms with E-state index in [4.69, 9.17) is 21.1 Å². The van der Waals surface area contributed by atoms with Crippen LogP contribution >= 0.6 is 11.6 Å². The van der Waals surface area contributed by atoms with Crippen LogP contribution in [0.25, 0.3) is 0 Å². The van der Waals surface area contributed by atoms with E-state index in [1.165, 1.54) is 0 Å². The van der Waals surface area contributed by atoms with Crippen molar-refractivity contribution in [3.63, 3.8) is 0 Å². The first-order chi connectivity index (χ1) is 14.9. The molecule has 7 heteroatoms. The normalized spacial score (nSPS) is 14.1. The fraction of sp³-hybridized carbons (Fsp3) is 0.417. The highest BCUT2D eigenvalue weighted by molar-refractivity contribution is 6.31. The van der Waals surface area contributed by atoms with Gasteiger partial charge in [-0.2, -0.15) is 0 Å². The van der Waals surface area contributed by atoms with Crippen molar-refractivity contribution in [2.75, 3.05) is 6.79 Å². The summed E-state index contributed by atoms with van der Waals surface area (Å²) in [6.07, 6.45) is 1.63. The van der Waals surface area contributed by atoms with Gasteiger partial charge in [0.05, 0.1) is 0 Å². The van der Waals surface area contributed by atoms with Gasteiger partial charge in [-0.3, -0.25) is 9.59 Å². The van der Waals surface area contributed by atoms with Crippen LogP contribution < -0.4 is 14.8 Å². The number of rotatable bonds is 9. The largest absolute Gasteiger partial charge is 0.454 e. The Bertz CT molecular complexity index is 934. The second kappa shape index (κ2) is 10.5. The molecule has 2 unspecified atom stereocenters. The molecule has 0 spiro atoms. The first kappa shape index (κ1) is 22.9.